The summed E-state index contributed by atoms with van der Waals surface area (Å²) in [5.41, 5.74) is 3.67. The molecule has 0 radical (unpaired) electrons. The van der Waals surface area contributed by atoms with Crippen molar-refractivity contribution in [3.8, 4) is 0 Å². The zero-order valence-corrected chi connectivity index (χ0v) is 19.5. The van der Waals surface area contributed by atoms with Crippen molar-refractivity contribution in [2.45, 2.75) is 83.0 Å². The second kappa shape index (κ2) is 9.97. The van der Waals surface area contributed by atoms with Gasteiger partial charge in [-0.2, -0.15) is 9.97 Å². The maximum absolute atomic E-state index is 12.7. The number of nitrogens with zero attached hydrogens (tertiary/aromatic N) is 3. The van der Waals surface area contributed by atoms with Crippen molar-refractivity contribution in [1.82, 2.24) is 19.9 Å². The monoisotopic (exact) mass is 464 g/mol. The molecule has 2 aromatic heterocycles. The maximum atomic E-state index is 12.7. The highest BCUT2D eigenvalue weighted by Crippen LogP contribution is 2.28. The number of imidazole rings is 1. The van der Waals surface area contributed by atoms with Crippen molar-refractivity contribution in [2.75, 3.05) is 10.6 Å². The van der Waals surface area contributed by atoms with Crippen molar-refractivity contribution in [2.24, 2.45) is 0 Å². The zero-order chi connectivity index (χ0) is 23.5. The molecule has 0 spiro atoms. The van der Waals surface area contributed by atoms with Crippen molar-refractivity contribution in [1.29, 1.82) is 0 Å². The van der Waals surface area contributed by atoms with Gasteiger partial charge in [-0.25, -0.2) is 9.78 Å². The molecule has 2 saturated carbocycles. The van der Waals surface area contributed by atoms with Gasteiger partial charge in [0.1, 0.15) is 11.6 Å². The minimum absolute atomic E-state index is 0.0445. The summed E-state index contributed by atoms with van der Waals surface area (Å²) in [7, 11) is 0. The Bertz CT molecular complexity index is 1150. The Morgan fingerprint density at radius 3 is 2.71 bits per heavy atom. The molecule has 0 unspecified atom stereocenters. The first-order valence-corrected chi connectivity index (χ1v) is 12.4. The summed E-state index contributed by atoms with van der Waals surface area (Å²) in [6.45, 7) is 2.03. The van der Waals surface area contributed by atoms with Crippen LogP contribution >= 0.6 is 0 Å². The largest absolute Gasteiger partial charge is 0.459 e. The molecule has 9 nitrogen and oxygen atoms in total. The molecule has 9 heteroatoms. The Balaban J connectivity index is 1.35. The number of nitrogens with one attached hydrogen (secondary N) is 3. The quantitative estimate of drug-likeness (QED) is 0.377. The first-order valence-electron chi connectivity index (χ1n) is 12.4. The first-order chi connectivity index (χ1) is 16.6. The van der Waals surface area contributed by atoms with E-state index in [2.05, 4.69) is 25.6 Å². The molecule has 0 bridgehead atoms. The summed E-state index contributed by atoms with van der Waals surface area (Å²) < 4.78 is 5.72. The van der Waals surface area contributed by atoms with Crippen molar-refractivity contribution < 1.29 is 14.6 Å². The smallest absolute Gasteiger partial charge is 0.338 e. The molecule has 180 valence electrons. The summed E-state index contributed by atoms with van der Waals surface area (Å²) in [4.78, 5) is 29.4. The van der Waals surface area contributed by atoms with Crippen molar-refractivity contribution in [3.05, 3.63) is 35.7 Å². The molecule has 5 rings (SSSR count). The van der Waals surface area contributed by atoms with E-state index in [4.69, 9.17) is 9.72 Å². The van der Waals surface area contributed by atoms with Gasteiger partial charge in [0.15, 0.2) is 11.5 Å². The van der Waals surface area contributed by atoms with Crippen LogP contribution < -0.4 is 10.6 Å². The van der Waals surface area contributed by atoms with Gasteiger partial charge in [-0.1, -0.05) is 6.92 Å². The van der Waals surface area contributed by atoms with Crippen LogP contribution in [0.15, 0.2) is 24.5 Å². The number of aromatic amines is 1. The van der Waals surface area contributed by atoms with E-state index in [0.717, 1.165) is 62.6 Å². The highest BCUT2D eigenvalue weighted by Gasteiger charge is 2.23. The lowest BCUT2D eigenvalue weighted by atomic mass is 9.93. The third-order valence-corrected chi connectivity index (χ3v) is 6.86. The molecular formula is C25H32N6O3. The van der Waals surface area contributed by atoms with Gasteiger partial charge in [0.2, 0.25) is 5.95 Å². The number of aromatic nitrogens is 4. The summed E-state index contributed by atoms with van der Waals surface area (Å²) in [6.07, 6.45) is 9.64. The molecule has 2 fully saturated rings. The Labute approximate surface area is 198 Å². The average Bonchev–Trinajstić information content (AvgIpc) is 3.52. The number of aliphatic hydroxyl groups excluding tert-OH is 1. The number of fused-ring (bicyclic) bond motifs is 1. The van der Waals surface area contributed by atoms with Crippen LogP contribution in [0.2, 0.25) is 0 Å². The summed E-state index contributed by atoms with van der Waals surface area (Å²) in [5.74, 6) is 0.887. The summed E-state index contributed by atoms with van der Waals surface area (Å²) in [6, 6.07) is 5.91. The molecule has 4 N–H and O–H groups in total. The lowest BCUT2D eigenvalue weighted by Gasteiger charge is -2.26. The Kier molecular flexibility index (Phi) is 6.62. The normalized spacial score (nSPS) is 21.0. The summed E-state index contributed by atoms with van der Waals surface area (Å²) >= 11 is 0. The van der Waals surface area contributed by atoms with E-state index in [1.165, 1.54) is 0 Å². The van der Waals surface area contributed by atoms with Crippen molar-refractivity contribution >= 4 is 34.6 Å². The number of carbonyl (C=O) groups is 1. The standard InChI is InChI=1S/C25H32N6O3/c1-2-15-13-17(9-12-20(15)24(33)34-19-5-3-4-6-19)28-23-21-22(27-14-26-21)30-25(31-23)29-16-7-10-18(32)11-8-16/h9,12-14,16,18-19,32H,2-8,10-11H2,1H3,(H3,26,27,28,29,30,31). The molecular weight excluding hydrogens is 432 g/mol. The zero-order valence-electron chi connectivity index (χ0n) is 19.5. The number of H-pyrrole nitrogens is 1. The van der Waals surface area contributed by atoms with Crippen molar-refractivity contribution in [3.63, 3.8) is 0 Å². The number of aryl methyl sites for hydroxylation is 1. The molecule has 1 aromatic carbocycles. The van der Waals surface area contributed by atoms with Gasteiger partial charge in [0, 0.05) is 11.7 Å². The second-order valence-corrected chi connectivity index (χ2v) is 9.31. The molecule has 2 aliphatic rings. The SMILES string of the molecule is CCc1cc(Nc2nc(NC3CCC(O)CC3)nc3nc[nH]c23)ccc1C(=O)OC1CCCC1. The Hall–Kier alpha value is -3.20. The molecule has 0 aliphatic heterocycles. The number of benzene rings is 1. The van der Waals surface area contributed by atoms with Crippen LogP contribution in [0.25, 0.3) is 11.2 Å². The Morgan fingerprint density at radius 1 is 1.15 bits per heavy atom. The molecule has 0 atom stereocenters. The van der Waals surface area contributed by atoms with Gasteiger partial charge in [-0.15, -0.1) is 0 Å². The fourth-order valence-electron chi connectivity index (χ4n) is 4.91. The molecule has 0 saturated heterocycles. The van der Waals surface area contributed by atoms with Crippen LogP contribution in [0, 0.1) is 0 Å². The van der Waals surface area contributed by atoms with E-state index in [1.54, 1.807) is 6.33 Å². The molecule has 3 aromatic rings. The van der Waals surface area contributed by atoms with Gasteiger partial charge in [-0.05, 0) is 81.5 Å². The van der Waals surface area contributed by atoms with Crippen LogP contribution in [0.5, 0.6) is 0 Å². The van der Waals surface area contributed by atoms with E-state index in [9.17, 15) is 9.90 Å². The van der Waals surface area contributed by atoms with Gasteiger partial charge in [-0.3, -0.25) is 0 Å². The van der Waals surface area contributed by atoms with Crippen LogP contribution in [-0.4, -0.2) is 49.3 Å². The topological polar surface area (TPSA) is 125 Å². The fourth-order valence-corrected chi connectivity index (χ4v) is 4.91. The minimum atomic E-state index is -0.239. The van der Waals surface area contributed by atoms with Crippen LogP contribution in [0.1, 0.15) is 74.2 Å². The van der Waals surface area contributed by atoms with Crippen LogP contribution in [0.3, 0.4) is 0 Å². The van der Waals surface area contributed by atoms with E-state index >= 15 is 0 Å². The number of rotatable bonds is 7. The number of carbonyl (C=O) groups excluding carboxylic acids is 1. The molecule has 2 heterocycles. The number of aliphatic hydroxyl groups is 1. The number of anilines is 3. The molecule has 0 amide bonds. The number of esters is 1. The first kappa shape index (κ1) is 22.6. The highest BCUT2D eigenvalue weighted by atomic mass is 16.5. The highest BCUT2D eigenvalue weighted by molar-refractivity contribution is 5.92. The van der Waals surface area contributed by atoms with E-state index in [0.29, 0.717) is 34.9 Å². The predicted molar refractivity (Wildman–Crippen MR) is 130 cm³/mol. The van der Waals surface area contributed by atoms with Crippen LogP contribution in [0.4, 0.5) is 17.5 Å². The van der Waals surface area contributed by atoms with Gasteiger partial charge < -0.3 is 25.5 Å². The second-order valence-electron chi connectivity index (χ2n) is 9.31. The van der Waals surface area contributed by atoms with E-state index < -0.39 is 0 Å². The lowest BCUT2D eigenvalue weighted by molar-refractivity contribution is 0.0316. The average molecular weight is 465 g/mol. The van der Waals surface area contributed by atoms with Crippen LogP contribution in [-0.2, 0) is 11.2 Å². The van der Waals surface area contributed by atoms with Gasteiger partial charge >= 0.3 is 5.97 Å². The molecule has 2 aliphatic carbocycles. The third kappa shape index (κ3) is 4.99. The fraction of sp³-hybridized carbons (Fsp3) is 0.520. The molecule has 34 heavy (non-hydrogen) atoms. The van der Waals surface area contributed by atoms with E-state index in [-0.39, 0.29) is 24.2 Å². The Morgan fingerprint density at radius 2 is 1.94 bits per heavy atom. The maximum Gasteiger partial charge on any atom is 0.338 e. The lowest BCUT2D eigenvalue weighted by Crippen LogP contribution is -2.29. The third-order valence-electron chi connectivity index (χ3n) is 6.86. The predicted octanol–water partition coefficient (Wildman–Crippen LogP) is 4.47. The number of hydrogen-bond acceptors (Lipinski definition) is 8. The van der Waals surface area contributed by atoms with Gasteiger partial charge in [0.25, 0.3) is 0 Å². The summed E-state index contributed by atoms with van der Waals surface area (Å²) in [5, 5.41) is 16.5. The number of hydrogen-bond donors (Lipinski definition) is 4. The minimum Gasteiger partial charge on any atom is -0.459 e. The van der Waals surface area contributed by atoms with E-state index in [1.807, 2.05) is 25.1 Å². The van der Waals surface area contributed by atoms with Gasteiger partial charge in [0.05, 0.1) is 18.0 Å². The number of ether oxygens (including phenoxy) is 1.